The summed E-state index contributed by atoms with van der Waals surface area (Å²) in [6, 6.07) is 18.4. The molecule has 7 heteroatoms. The van der Waals surface area contributed by atoms with Gasteiger partial charge in [-0.05, 0) is 42.5 Å². The second-order valence-electron chi connectivity index (χ2n) is 5.56. The van der Waals surface area contributed by atoms with Crippen molar-refractivity contribution in [3.05, 3.63) is 83.0 Å². The van der Waals surface area contributed by atoms with E-state index in [1.54, 1.807) is 23.1 Å². The minimum Gasteiger partial charge on any atom is -0.486 e. The predicted octanol–water partition coefficient (Wildman–Crippen LogP) is 4.35. The zero-order chi connectivity index (χ0) is 17.9. The molecule has 1 N–H and O–H groups in total. The lowest BCUT2D eigenvalue weighted by Gasteiger charge is -2.06. The van der Waals surface area contributed by atoms with E-state index >= 15 is 0 Å². The zero-order valence-corrected chi connectivity index (χ0v) is 15.1. The van der Waals surface area contributed by atoms with E-state index in [0.717, 1.165) is 15.5 Å². The molecule has 1 amide bonds. The number of halogens is 1. The lowest BCUT2D eigenvalue weighted by atomic mass is 10.3. The minimum atomic E-state index is -0.359. The number of para-hydroxylation sites is 2. The highest BCUT2D eigenvalue weighted by atomic mass is 79.9. The van der Waals surface area contributed by atoms with E-state index in [4.69, 9.17) is 9.15 Å². The summed E-state index contributed by atoms with van der Waals surface area (Å²) in [4.78, 5) is 16.6. The van der Waals surface area contributed by atoms with Crippen molar-refractivity contribution in [3.8, 4) is 5.75 Å². The molecule has 4 aromatic rings. The molecule has 4 rings (SSSR count). The Morgan fingerprint density at radius 2 is 2.04 bits per heavy atom. The van der Waals surface area contributed by atoms with Gasteiger partial charge in [-0.25, -0.2) is 9.66 Å². The molecule has 0 unspecified atom stereocenters. The summed E-state index contributed by atoms with van der Waals surface area (Å²) >= 11 is 3.39. The Balaban J connectivity index is 1.43. The van der Waals surface area contributed by atoms with Gasteiger partial charge in [-0.2, -0.15) is 0 Å². The summed E-state index contributed by atoms with van der Waals surface area (Å²) < 4.78 is 13.7. The molecule has 26 heavy (non-hydrogen) atoms. The van der Waals surface area contributed by atoms with Crippen LogP contribution in [0.2, 0.25) is 0 Å². The van der Waals surface area contributed by atoms with Crippen molar-refractivity contribution in [1.29, 1.82) is 0 Å². The Labute approximate surface area is 157 Å². The summed E-state index contributed by atoms with van der Waals surface area (Å²) in [5, 5.41) is 0. The minimum absolute atomic E-state index is 0.204. The molecule has 0 saturated heterocycles. The fraction of sp³-hybridized carbons (Fsp3) is 0.0526. The van der Waals surface area contributed by atoms with Crippen LogP contribution in [0, 0.1) is 0 Å². The quantitative estimate of drug-likeness (QED) is 0.529. The van der Waals surface area contributed by atoms with Crippen molar-refractivity contribution < 1.29 is 13.9 Å². The molecule has 0 bridgehead atoms. The summed E-state index contributed by atoms with van der Waals surface area (Å²) in [6.45, 7) is 0.234. The average Bonchev–Trinajstić information content (AvgIpc) is 3.28. The van der Waals surface area contributed by atoms with Gasteiger partial charge in [-0.1, -0.05) is 34.1 Å². The summed E-state index contributed by atoms with van der Waals surface area (Å²) in [5.74, 6) is 1.12. The van der Waals surface area contributed by atoms with Crippen molar-refractivity contribution >= 4 is 32.9 Å². The van der Waals surface area contributed by atoms with E-state index in [2.05, 4.69) is 26.3 Å². The third-order valence-electron chi connectivity index (χ3n) is 3.74. The third kappa shape index (κ3) is 3.48. The van der Waals surface area contributed by atoms with Crippen LogP contribution < -0.4 is 10.2 Å². The average molecular weight is 412 g/mol. The highest BCUT2D eigenvalue weighted by molar-refractivity contribution is 9.10. The lowest BCUT2D eigenvalue weighted by molar-refractivity contribution is 0.0978. The van der Waals surface area contributed by atoms with E-state index in [1.165, 1.54) is 0 Å². The fourth-order valence-electron chi connectivity index (χ4n) is 2.50. The molecule has 0 aliphatic rings. The number of fused-ring (bicyclic) bond motifs is 1. The van der Waals surface area contributed by atoms with Crippen molar-refractivity contribution in [3.63, 3.8) is 0 Å². The molecule has 0 aliphatic heterocycles. The van der Waals surface area contributed by atoms with Crippen LogP contribution in [-0.4, -0.2) is 15.6 Å². The molecule has 0 saturated carbocycles. The predicted molar refractivity (Wildman–Crippen MR) is 101 cm³/mol. The molecule has 0 fully saturated rings. The maximum absolute atomic E-state index is 12.4. The number of carbonyl (C=O) groups excluding carboxylic acids is 1. The van der Waals surface area contributed by atoms with Gasteiger partial charge < -0.3 is 9.15 Å². The Morgan fingerprint density at radius 1 is 1.15 bits per heavy atom. The number of imidazole rings is 1. The van der Waals surface area contributed by atoms with E-state index < -0.39 is 0 Å². The van der Waals surface area contributed by atoms with Gasteiger partial charge in [0, 0.05) is 4.47 Å². The van der Waals surface area contributed by atoms with Gasteiger partial charge in [0.25, 0.3) is 0 Å². The zero-order valence-electron chi connectivity index (χ0n) is 13.6. The molecule has 0 radical (unpaired) electrons. The number of amides is 1. The number of nitrogens with zero attached hydrogens (tertiary/aromatic N) is 2. The van der Waals surface area contributed by atoms with E-state index in [9.17, 15) is 4.79 Å². The highest BCUT2D eigenvalue weighted by Crippen LogP contribution is 2.19. The number of hydrogen-bond acceptors (Lipinski definition) is 4. The molecule has 0 atom stereocenters. The second-order valence-corrected chi connectivity index (χ2v) is 6.47. The monoisotopic (exact) mass is 411 g/mol. The van der Waals surface area contributed by atoms with Crippen LogP contribution in [0.4, 0.5) is 0 Å². The van der Waals surface area contributed by atoms with Crippen LogP contribution in [0.5, 0.6) is 5.75 Å². The third-order valence-corrected chi connectivity index (χ3v) is 4.23. The maximum Gasteiger partial charge on any atom is 0.305 e. The molecule has 130 valence electrons. The second kappa shape index (κ2) is 7.05. The summed E-state index contributed by atoms with van der Waals surface area (Å²) in [6.07, 6.45) is 1.56. The molecule has 0 spiro atoms. The fourth-order valence-corrected chi connectivity index (χ4v) is 2.88. The highest BCUT2D eigenvalue weighted by Gasteiger charge is 2.13. The van der Waals surface area contributed by atoms with Crippen LogP contribution in [0.25, 0.3) is 11.0 Å². The van der Waals surface area contributed by atoms with Crippen LogP contribution in [-0.2, 0) is 6.61 Å². The first kappa shape index (κ1) is 16.4. The topological polar surface area (TPSA) is 69.3 Å². The summed E-state index contributed by atoms with van der Waals surface area (Å²) in [7, 11) is 0. The van der Waals surface area contributed by atoms with Gasteiger partial charge in [0.05, 0.1) is 11.0 Å². The Morgan fingerprint density at radius 3 is 2.92 bits per heavy atom. The number of hydrogen-bond donors (Lipinski definition) is 1. The first-order valence-corrected chi connectivity index (χ1v) is 8.69. The van der Waals surface area contributed by atoms with Gasteiger partial charge in [0.2, 0.25) is 0 Å². The molecule has 2 aromatic carbocycles. The first-order valence-electron chi connectivity index (χ1n) is 7.89. The molecular weight excluding hydrogens is 398 g/mol. The van der Waals surface area contributed by atoms with Gasteiger partial charge >= 0.3 is 5.91 Å². The normalized spacial score (nSPS) is 10.8. The molecule has 6 nitrogen and oxygen atoms in total. The number of aromatic nitrogens is 2. The Bertz CT molecular complexity index is 1070. The standard InChI is InChI=1S/C19H14BrN3O3/c20-13-4-3-5-14(10-13)25-11-15-8-9-18(26-15)19(24)22-23-12-21-16-6-1-2-7-17(16)23/h1-10,12H,11H2,(H,22,24). The van der Waals surface area contributed by atoms with Crippen LogP contribution in [0.1, 0.15) is 16.3 Å². The van der Waals surface area contributed by atoms with E-state index in [1.807, 2.05) is 48.5 Å². The number of nitrogens with one attached hydrogen (secondary N) is 1. The van der Waals surface area contributed by atoms with Crippen LogP contribution in [0.15, 0.2) is 75.9 Å². The van der Waals surface area contributed by atoms with Crippen molar-refractivity contribution in [2.24, 2.45) is 0 Å². The lowest BCUT2D eigenvalue weighted by Crippen LogP contribution is -2.21. The van der Waals surface area contributed by atoms with Gasteiger partial charge in [0.15, 0.2) is 5.76 Å². The van der Waals surface area contributed by atoms with Crippen molar-refractivity contribution in [2.75, 3.05) is 5.43 Å². The summed E-state index contributed by atoms with van der Waals surface area (Å²) in [5.41, 5.74) is 4.36. The van der Waals surface area contributed by atoms with Crippen molar-refractivity contribution in [1.82, 2.24) is 9.66 Å². The van der Waals surface area contributed by atoms with Crippen molar-refractivity contribution in [2.45, 2.75) is 6.61 Å². The number of carbonyl (C=O) groups is 1. The molecular formula is C19H14BrN3O3. The van der Waals surface area contributed by atoms with Gasteiger partial charge in [-0.15, -0.1) is 0 Å². The largest absolute Gasteiger partial charge is 0.486 e. The van der Waals surface area contributed by atoms with E-state index in [-0.39, 0.29) is 18.3 Å². The van der Waals surface area contributed by atoms with Crippen LogP contribution >= 0.6 is 15.9 Å². The smallest absolute Gasteiger partial charge is 0.305 e. The Kier molecular flexibility index (Phi) is 4.45. The van der Waals surface area contributed by atoms with E-state index in [0.29, 0.717) is 11.5 Å². The van der Waals surface area contributed by atoms with Gasteiger partial charge in [0.1, 0.15) is 24.4 Å². The number of rotatable bonds is 5. The molecule has 2 aromatic heterocycles. The first-order chi connectivity index (χ1) is 12.7. The number of benzene rings is 2. The number of furan rings is 1. The Hall–Kier alpha value is -3.06. The molecule has 0 aliphatic carbocycles. The maximum atomic E-state index is 12.4. The van der Waals surface area contributed by atoms with Crippen LogP contribution in [0.3, 0.4) is 0 Å². The number of ether oxygens (including phenoxy) is 1. The SMILES string of the molecule is O=C(Nn1cnc2ccccc21)c1ccc(COc2cccc(Br)c2)o1. The molecule has 2 heterocycles. The van der Waals surface area contributed by atoms with Gasteiger partial charge in [-0.3, -0.25) is 10.2 Å².